The minimum atomic E-state index is -1.66. The topological polar surface area (TPSA) is 38.3 Å². The number of halogens is 4. The Morgan fingerprint density at radius 3 is 2.43 bits per heavy atom. The van der Waals surface area contributed by atoms with Crippen molar-refractivity contribution in [1.82, 2.24) is 5.32 Å². The summed E-state index contributed by atoms with van der Waals surface area (Å²) in [6.07, 6.45) is 7.19. The van der Waals surface area contributed by atoms with Crippen molar-refractivity contribution in [3.8, 4) is 5.75 Å². The van der Waals surface area contributed by atoms with E-state index in [0.717, 1.165) is 19.3 Å². The molecule has 1 aromatic carbocycles. The zero-order valence-electron chi connectivity index (χ0n) is 12.4. The molecule has 1 aliphatic carbocycles. The SMILES string of the molecule is O=C(COc1c(F)c(F)cc(F)c1F)NCCC1=CCCCC1. The van der Waals surface area contributed by atoms with Crippen LogP contribution in [0.25, 0.3) is 0 Å². The molecule has 0 bridgehead atoms. The number of hydrogen-bond donors (Lipinski definition) is 1. The molecule has 0 atom stereocenters. The third-order valence-electron chi connectivity index (χ3n) is 3.57. The maximum absolute atomic E-state index is 13.3. The van der Waals surface area contributed by atoms with Crippen LogP contribution in [0, 0.1) is 23.3 Å². The molecule has 1 N–H and O–H groups in total. The second-order valence-electron chi connectivity index (χ2n) is 5.29. The largest absolute Gasteiger partial charge is 0.477 e. The molecular weight excluding hydrogens is 314 g/mol. The van der Waals surface area contributed by atoms with Crippen molar-refractivity contribution < 1.29 is 27.1 Å². The van der Waals surface area contributed by atoms with E-state index in [2.05, 4.69) is 16.1 Å². The number of rotatable bonds is 6. The summed E-state index contributed by atoms with van der Waals surface area (Å²) in [6, 6.07) is 0.0789. The Hall–Kier alpha value is -2.05. The van der Waals surface area contributed by atoms with Crippen molar-refractivity contribution >= 4 is 5.91 Å². The van der Waals surface area contributed by atoms with Crippen molar-refractivity contribution in [3.63, 3.8) is 0 Å². The van der Waals surface area contributed by atoms with Crippen molar-refractivity contribution in [3.05, 3.63) is 41.0 Å². The van der Waals surface area contributed by atoms with E-state index in [1.54, 1.807) is 0 Å². The molecule has 0 spiro atoms. The molecule has 0 heterocycles. The molecule has 126 valence electrons. The van der Waals surface area contributed by atoms with Gasteiger partial charge in [-0.15, -0.1) is 0 Å². The first-order chi connectivity index (χ1) is 11.0. The summed E-state index contributed by atoms with van der Waals surface area (Å²) >= 11 is 0. The van der Waals surface area contributed by atoms with Gasteiger partial charge < -0.3 is 10.1 Å². The van der Waals surface area contributed by atoms with E-state index in [1.165, 1.54) is 12.0 Å². The average molecular weight is 331 g/mol. The van der Waals surface area contributed by atoms with E-state index in [9.17, 15) is 22.4 Å². The first kappa shape index (κ1) is 17.3. The summed E-state index contributed by atoms with van der Waals surface area (Å²) in [5, 5.41) is 2.53. The van der Waals surface area contributed by atoms with Crippen molar-refractivity contribution in [2.24, 2.45) is 0 Å². The Kier molecular flexibility index (Phi) is 6.01. The van der Waals surface area contributed by atoms with Crippen LogP contribution in [0.4, 0.5) is 17.6 Å². The summed E-state index contributed by atoms with van der Waals surface area (Å²) in [4.78, 5) is 11.6. The minimum absolute atomic E-state index is 0.0789. The molecule has 0 fully saturated rings. The maximum Gasteiger partial charge on any atom is 0.257 e. The normalized spacial score (nSPS) is 14.3. The van der Waals surface area contributed by atoms with Crippen LogP contribution in [0.5, 0.6) is 5.75 Å². The lowest BCUT2D eigenvalue weighted by Gasteiger charge is -2.13. The zero-order valence-corrected chi connectivity index (χ0v) is 12.4. The Balaban J connectivity index is 1.81. The minimum Gasteiger partial charge on any atom is -0.477 e. The first-order valence-corrected chi connectivity index (χ1v) is 7.39. The van der Waals surface area contributed by atoms with Crippen LogP contribution >= 0.6 is 0 Å². The fourth-order valence-electron chi connectivity index (χ4n) is 2.36. The van der Waals surface area contributed by atoms with Gasteiger partial charge in [0.05, 0.1) is 0 Å². The first-order valence-electron chi connectivity index (χ1n) is 7.39. The molecule has 1 aliphatic rings. The fraction of sp³-hybridized carbons (Fsp3) is 0.438. The molecule has 0 radical (unpaired) electrons. The molecule has 7 heteroatoms. The highest BCUT2D eigenvalue weighted by Gasteiger charge is 2.21. The van der Waals surface area contributed by atoms with Crippen LogP contribution in [-0.4, -0.2) is 19.1 Å². The maximum atomic E-state index is 13.3. The van der Waals surface area contributed by atoms with Gasteiger partial charge in [0.2, 0.25) is 11.6 Å². The average Bonchev–Trinajstić information content (AvgIpc) is 2.54. The number of nitrogens with one attached hydrogen (secondary N) is 1. The summed E-state index contributed by atoms with van der Waals surface area (Å²) < 4.78 is 57.2. The van der Waals surface area contributed by atoms with Gasteiger partial charge in [0.25, 0.3) is 5.91 Å². The van der Waals surface area contributed by atoms with E-state index in [0.29, 0.717) is 13.0 Å². The molecule has 0 saturated carbocycles. The molecule has 0 unspecified atom stereocenters. The second-order valence-corrected chi connectivity index (χ2v) is 5.29. The molecule has 2 rings (SSSR count). The summed E-state index contributed by atoms with van der Waals surface area (Å²) in [5.41, 5.74) is 1.27. The van der Waals surface area contributed by atoms with Gasteiger partial charge in [-0.1, -0.05) is 11.6 Å². The van der Waals surface area contributed by atoms with Gasteiger partial charge >= 0.3 is 0 Å². The highest BCUT2D eigenvalue weighted by Crippen LogP contribution is 2.26. The third-order valence-corrected chi connectivity index (χ3v) is 3.57. The molecule has 0 aliphatic heterocycles. The standard InChI is InChI=1S/C16H17F4NO2/c17-11-8-12(18)15(20)16(14(11)19)23-9-13(22)21-7-6-10-4-2-1-3-5-10/h4,8H,1-3,5-7,9H2,(H,21,22). The lowest BCUT2D eigenvalue weighted by molar-refractivity contribution is -0.123. The van der Waals surface area contributed by atoms with E-state index in [1.807, 2.05) is 0 Å². The van der Waals surface area contributed by atoms with Gasteiger partial charge in [-0.25, -0.2) is 8.78 Å². The van der Waals surface area contributed by atoms with Crippen molar-refractivity contribution in [2.45, 2.75) is 32.1 Å². The third kappa shape index (κ3) is 4.71. The quantitative estimate of drug-likeness (QED) is 0.491. The lowest BCUT2D eigenvalue weighted by atomic mass is 9.97. The van der Waals surface area contributed by atoms with Crippen LogP contribution in [0.15, 0.2) is 17.7 Å². The fourth-order valence-corrected chi connectivity index (χ4v) is 2.36. The monoisotopic (exact) mass is 331 g/mol. The second kappa shape index (κ2) is 7.99. The summed E-state index contributed by atoms with van der Waals surface area (Å²) in [6.45, 7) is -0.355. The van der Waals surface area contributed by atoms with E-state index < -0.39 is 41.5 Å². The van der Waals surface area contributed by atoms with Crippen LogP contribution in [-0.2, 0) is 4.79 Å². The Morgan fingerprint density at radius 1 is 1.13 bits per heavy atom. The lowest BCUT2D eigenvalue weighted by Crippen LogP contribution is -2.30. The van der Waals surface area contributed by atoms with Crippen LogP contribution in [0.2, 0.25) is 0 Å². The number of benzene rings is 1. The van der Waals surface area contributed by atoms with Gasteiger partial charge in [0.1, 0.15) is 0 Å². The van der Waals surface area contributed by atoms with Crippen LogP contribution in [0.3, 0.4) is 0 Å². The van der Waals surface area contributed by atoms with Crippen molar-refractivity contribution in [2.75, 3.05) is 13.2 Å². The summed E-state index contributed by atoms with van der Waals surface area (Å²) in [7, 11) is 0. The Labute approximate surface area is 131 Å². The Bertz CT molecular complexity index is 590. The smallest absolute Gasteiger partial charge is 0.257 e. The van der Waals surface area contributed by atoms with E-state index in [4.69, 9.17) is 0 Å². The Morgan fingerprint density at radius 2 is 1.83 bits per heavy atom. The summed E-state index contributed by atoms with van der Waals surface area (Å²) in [5.74, 6) is -8.34. The highest BCUT2D eigenvalue weighted by molar-refractivity contribution is 5.77. The number of carbonyl (C=O) groups excluding carboxylic acids is 1. The van der Waals surface area contributed by atoms with Gasteiger partial charge in [0, 0.05) is 12.6 Å². The number of carbonyl (C=O) groups is 1. The molecule has 1 aromatic rings. The molecule has 3 nitrogen and oxygen atoms in total. The molecular formula is C16H17F4NO2. The van der Waals surface area contributed by atoms with Gasteiger partial charge in [0.15, 0.2) is 24.0 Å². The van der Waals surface area contributed by atoms with Crippen molar-refractivity contribution in [1.29, 1.82) is 0 Å². The zero-order chi connectivity index (χ0) is 16.8. The van der Waals surface area contributed by atoms with Crippen LogP contribution in [0.1, 0.15) is 32.1 Å². The molecule has 23 heavy (non-hydrogen) atoms. The van der Waals surface area contributed by atoms with Crippen LogP contribution < -0.4 is 10.1 Å². The number of amides is 1. The van der Waals surface area contributed by atoms with Gasteiger partial charge in [-0.2, -0.15) is 8.78 Å². The number of ether oxygens (including phenoxy) is 1. The highest BCUT2D eigenvalue weighted by atomic mass is 19.2. The predicted octanol–water partition coefficient (Wildman–Crippen LogP) is 3.63. The number of hydrogen-bond acceptors (Lipinski definition) is 2. The molecule has 1 amide bonds. The van der Waals surface area contributed by atoms with E-state index in [-0.39, 0.29) is 6.07 Å². The van der Waals surface area contributed by atoms with Gasteiger partial charge in [-0.3, -0.25) is 4.79 Å². The molecule has 0 aromatic heterocycles. The number of allylic oxidation sites excluding steroid dienone is 1. The predicted molar refractivity (Wildman–Crippen MR) is 75.9 cm³/mol. The van der Waals surface area contributed by atoms with Gasteiger partial charge in [-0.05, 0) is 32.1 Å². The van der Waals surface area contributed by atoms with E-state index >= 15 is 0 Å². The molecule has 0 saturated heterocycles.